The van der Waals surface area contributed by atoms with Crippen LogP contribution in [0.4, 0.5) is 17.3 Å². The van der Waals surface area contributed by atoms with Gasteiger partial charge in [-0.15, -0.1) is 10.2 Å². The summed E-state index contributed by atoms with van der Waals surface area (Å²) in [6.07, 6.45) is 3.93. The zero-order valence-electron chi connectivity index (χ0n) is 16.6. The summed E-state index contributed by atoms with van der Waals surface area (Å²) in [5, 5.41) is 10.3. The maximum Gasteiger partial charge on any atom is 0.271 e. The first-order valence-corrected chi connectivity index (χ1v) is 9.25. The van der Waals surface area contributed by atoms with Gasteiger partial charge in [-0.2, -0.15) is 4.98 Å². The summed E-state index contributed by atoms with van der Waals surface area (Å²) in [6.45, 7) is 6.09. The predicted octanol–water partition coefficient (Wildman–Crippen LogP) is 2.62. The zero-order chi connectivity index (χ0) is 20.5. The van der Waals surface area contributed by atoms with Crippen molar-refractivity contribution in [3.63, 3.8) is 0 Å². The van der Waals surface area contributed by atoms with Crippen LogP contribution in [0.15, 0.2) is 18.2 Å². The number of carbonyl (C=O) groups is 1. The monoisotopic (exact) mass is 388 g/mol. The molecule has 1 amide bonds. The van der Waals surface area contributed by atoms with E-state index in [0.717, 1.165) is 18.8 Å². The number of carbonyl (C=O) groups excluding carboxylic acids is 1. The molecule has 0 bridgehead atoms. The lowest BCUT2D eigenvalue weighted by atomic mass is 10.1. The number of pyridine rings is 1. The molecule has 28 heavy (non-hydrogen) atoms. The van der Waals surface area contributed by atoms with E-state index in [2.05, 4.69) is 20.5 Å². The second kappa shape index (κ2) is 10.4. The molecule has 9 nitrogen and oxygen atoms in total. The van der Waals surface area contributed by atoms with Crippen molar-refractivity contribution in [3.05, 3.63) is 29.5 Å². The third-order valence-electron chi connectivity index (χ3n) is 4.09. The van der Waals surface area contributed by atoms with Crippen molar-refractivity contribution < 1.29 is 14.3 Å². The van der Waals surface area contributed by atoms with Gasteiger partial charge >= 0.3 is 0 Å². The van der Waals surface area contributed by atoms with E-state index in [1.165, 1.54) is 25.3 Å². The van der Waals surface area contributed by atoms with Gasteiger partial charge in [0.25, 0.3) is 5.91 Å². The summed E-state index contributed by atoms with van der Waals surface area (Å²) in [4.78, 5) is 15.7. The Morgan fingerprint density at radius 1 is 1.21 bits per heavy atom. The number of ether oxygens (including phenoxy) is 2. The lowest BCUT2D eigenvalue weighted by molar-refractivity contribution is 0.0968. The number of rotatable bonds is 5. The van der Waals surface area contributed by atoms with Crippen LogP contribution in [0.1, 0.15) is 55.1 Å². The van der Waals surface area contributed by atoms with Crippen LogP contribution in [-0.2, 0) is 4.74 Å². The van der Waals surface area contributed by atoms with Gasteiger partial charge < -0.3 is 26.3 Å². The van der Waals surface area contributed by atoms with Gasteiger partial charge in [-0.1, -0.05) is 13.8 Å². The van der Waals surface area contributed by atoms with Crippen molar-refractivity contribution in [3.8, 4) is 5.88 Å². The molecule has 0 aliphatic carbocycles. The Labute approximate surface area is 164 Å². The Morgan fingerprint density at radius 2 is 1.93 bits per heavy atom. The van der Waals surface area contributed by atoms with E-state index in [0.29, 0.717) is 17.4 Å². The summed E-state index contributed by atoms with van der Waals surface area (Å²) in [5.41, 5.74) is 12.2. The topological polar surface area (TPSA) is 138 Å². The zero-order valence-corrected chi connectivity index (χ0v) is 16.6. The highest BCUT2D eigenvalue weighted by Gasteiger charge is 2.14. The first-order chi connectivity index (χ1) is 13.4. The highest BCUT2D eigenvalue weighted by Crippen LogP contribution is 2.27. The number of methoxy groups -OCH3 is 1. The van der Waals surface area contributed by atoms with Gasteiger partial charge in [0.1, 0.15) is 11.6 Å². The highest BCUT2D eigenvalue weighted by atomic mass is 16.5. The third kappa shape index (κ3) is 6.05. The summed E-state index contributed by atoms with van der Waals surface area (Å²) in [6, 6.07) is 5.15. The molecular weight excluding hydrogens is 360 g/mol. The number of hydrogen-bond acceptors (Lipinski definition) is 8. The van der Waals surface area contributed by atoms with Gasteiger partial charge in [-0.05, 0) is 37.3 Å². The second-order valence-electron chi connectivity index (χ2n) is 6.64. The number of nitrogens with one attached hydrogen (secondary N) is 1. The van der Waals surface area contributed by atoms with Crippen LogP contribution in [0.25, 0.3) is 0 Å². The van der Waals surface area contributed by atoms with E-state index < -0.39 is 5.91 Å². The fourth-order valence-electron chi connectivity index (χ4n) is 2.63. The number of nitrogens with zero attached hydrogens (tertiary/aromatic N) is 3. The van der Waals surface area contributed by atoms with Crippen molar-refractivity contribution in [2.75, 3.05) is 31.4 Å². The van der Waals surface area contributed by atoms with Crippen LogP contribution < -0.4 is 21.5 Å². The standard InChI is InChI=1S/C14H18N6O2.C5H10O/c1-7(2)8-4-5-11(18-14(8)22-3)17-9-6-10(15)19-20-12(9)13(16)21;1-2-4-6-5-3-1/h4-7H,1-3H3,(H2,16,21)(H3,15,17,18,19);1-5H2. The minimum Gasteiger partial charge on any atom is -0.481 e. The van der Waals surface area contributed by atoms with Crippen molar-refractivity contribution >= 4 is 23.2 Å². The molecule has 0 spiro atoms. The van der Waals surface area contributed by atoms with Crippen molar-refractivity contribution in [2.45, 2.75) is 39.0 Å². The first kappa shape index (κ1) is 21.4. The molecule has 3 heterocycles. The molecule has 1 aliphatic heterocycles. The number of hydrogen-bond donors (Lipinski definition) is 3. The minimum atomic E-state index is -0.708. The van der Waals surface area contributed by atoms with Crippen LogP contribution in [0, 0.1) is 0 Å². The lowest BCUT2D eigenvalue weighted by Crippen LogP contribution is -2.17. The largest absolute Gasteiger partial charge is 0.481 e. The lowest BCUT2D eigenvalue weighted by Gasteiger charge is -2.13. The fraction of sp³-hybridized carbons (Fsp3) is 0.474. The quantitative estimate of drug-likeness (QED) is 0.710. The van der Waals surface area contributed by atoms with E-state index in [9.17, 15) is 4.79 Å². The van der Waals surface area contributed by atoms with Crippen LogP contribution in [0.3, 0.4) is 0 Å². The Bertz CT molecular complexity index is 782. The molecule has 0 aromatic carbocycles. The number of primary amides is 1. The SMILES string of the molecule is C1CCOCC1.COc1nc(Nc2cc(N)nnc2C(N)=O)ccc1C(C)C. The molecule has 2 aromatic heterocycles. The maximum absolute atomic E-state index is 11.4. The molecule has 1 aliphatic rings. The Kier molecular flexibility index (Phi) is 7.94. The van der Waals surface area contributed by atoms with E-state index in [-0.39, 0.29) is 17.4 Å². The Morgan fingerprint density at radius 3 is 2.43 bits per heavy atom. The van der Waals surface area contributed by atoms with Gasteiger partial charge in [-0.3, -0.25) is 4.79 Å². The molecule has 0 saturated carbocycles. The summed E-state index contributed by atoms with van der Waals surface area (Å²) in [7, 11) is 1.55. The molecule has 3 rings (SSSR count). The van der Waals surface area contributed by atoms with Crippen LogP contribution in [0.5, 0.6) is 5.88 Å². The van der Waals surface area contributed by atoms with E-state index in [4.69, 9.17) is 20.9 Å². The van der Waals surface area contributed by atoms with E-state index in [1.807, 2.05) is 19.9 Å². The Hall–Kier alpha value is -2.94. The van der Waals surface area contributed by atoms with Gasteiger partial charge in [0.2, 0.25) is 5.88 Å². The third-order valence-corrected chi connectivity index (χ3v) is 4.09. The first-order valence-electron chi connectivity index (χ1n) is 9.25. The predicted molar refractivity (Wildman–Crippen MR) is 108 cm³/mol. The average Bonchev–Trinajstić information content (AvgIpc) is 2.69. The highest BCUT2D eigenvalue weighted by molar-refractivity contribution is 5.97. The van der Waals surface area contributed by atoms with Gasteiger partial charge in [0.05, 0.1) is 12.8 Å². The van der Waals surface area contributed by atoms with E-state index in [1.54, 1.807) is 13.2 Å². The van der Waals surface area contributed by atoms with Crippen LogP contribution in [-0.4, -0.2) is 41.4 Å². The molecule has 0 unspecified atom stereocenters. The number of nitrogens with two attached hydrogens (primary N) is 2. The van der Waals surface area contributed by atoms with Crippen molar-refractivity contribution in [2.24, 2.45) is 5.73 Å². The second-order valence-corrected chi connectivity index (χ2v) is 6.64. The smallest absolute Gasteiger partial charge is 0.271 e. The summed E-state index contributed by atoms with van der Waals surface area (Å²) >= 11 is 0. The van der Waals surface area contributed by atoms with Gasteiger partial charge in [0.15, 0.2) is 5.69 Å². The van der Waals surface area contributed by atoms with Gasteiger partial charge in [-0.25, -0.2) is 0 Å². The molecule has 1 fully saturated rings. The van der Waals surface area contributed by atoms with Crippen molar-refractivity contribution in [1.29, 1.82) is 0 Å². The molecule has 1 saturated heterocycles. The summed E-state index contributed by atoms with van der Waals surface area (Å²) in [5.74, 6) is 0.724. The summed E-state index contributed by atoms with van der Waals surface area (Å²) < 4.78 is 10.4. The molecule has 152 valence electrons. The minimum absolute atomic E-state index is 0.0112. The number of aromatic nitrogens is 3. The maximum atomic E-state index is 11.4. The molecular formula is C19H28N6O3. The molecule has 5 N–H and O–H groups in total. The number of nitrogen functional groups attached to an aromatic ring is 1. The Balaban J connectivity index is 0.000000397. The van der Waals surface area contributed by atoms with Crippen molar-refractivity contribution in [1.82, 2.24) is 15.2 Å². The average molecular weight is 388 g/mol. The normalized spacial score (nSPS) is 13.4. The molecule has 0 atom stereocenters. The fourth-order valence-corrected chi connectivity index (χ4v) is 2.63. The molecule has 0 radical (unpaired) electrons. The number of amides is 1. The van der Waals surface area contributed by atoms with Crippen LogP contribution in [0.2, 0.25) is 0 Å². The molecule has 9 heteroatoms. The van der Waals surface area contributed by atoms with E-state index >= 15 is 0 Å². The van der Waals surface area contributed by atoms with Crippen LogP contribution >= 0.6 is 0 Å². The number of anilines is 3. The van der Waals surface area contributed by atoms with Gasteiger partial charge in [0, 0.05) is 24.8 Å². The molecule has 2 aromatic rings.